The summed E-state index contributed by atoms with van der Waals surface area (Å²) in [6, 6.07) is 5.90. The molecule has 0 fully saturated rings. The van der Waals surface area contributed by atoms with Crippen LogP contribution in [0.15, 0.2) is 24.4 Å². The molecule has 1 rings (SSSR count). The molecule has 0 spiro atoms. The average Bonchev–Trinajstić information content (AvgIpc) is 2.23. The van der Waals surface area contributed by atoms with Gasteiger partial charge in [-0.05, 0) is 6.42 Å². The largest absolute Gasteiger partial charge is 0.214 e. The van der Waals surface area contributed by atoms with E-state index in [1.807, 2.05) is 29.0 Å². The molecule has 4 nitrogen and oxygen atoms in total. The Morgan fingerprint density at radius 2 is 2.12 bits per heavy atom. The van der Waals surface area contributed by atoms with Crippen LogP contribution in [0.3, 0.4) is 0 Å². The van der Waals surface area contributed by atoms with Crippen LogP contribution >= 0.6 is 0 Å². The zero-order valence-electron chi connectivity index (χ0n) is 9.81. The lowest BCUT2D eigenvalue weighted by molar-refractivity contribution is -0.706. The van der Waals surface area contributed by atoms with Crippen molar-refractivity contribution in [3.8, 4) is 0 Å². The predicted octanol–water partition coefficient (Wildman–Crippen LogP) is 0.823. The zero-order valence-corrected chi connectivity index (χ0v) is 10.6. The third-order valence-corrected chi connectivity index (χ3v) is 2.97. The Morgan fingerprint density at radius 1 is 1.38 bits per heavy atom. The third-order valence-electron chi connectivity index (χ3n) is 2.32. The molecule has 0 radical (unpaired) electrons. The first kappa shape index (κ1) is 13.1. The lowest BCUT2D eigenvalue weighted by Crippen LogP contribution is -2.46. The third kappa shape index (κ3) is 4.72. The van der Waals surface area contributed by atoms with Gasteiger partial charge in [-0.25, -0.2) is 8.42 Å². The molecule has 0 unspecified atom stereocenters. The molecule has 0 saturated carbocycles. The van der Waals surface area contributed by atoms with Gasteiger partial charge >= 0.3 is 0 Å². The van der Waals surface area contributed by atoms with E-state index in [1.54, 1.807) is 0 Å². The van der Waals surface area contributed by atoms with Crippen molar-refractivity contribution in [1.29, 1.82) is 0 Å². The van der Waals surface area contributed by atoms with Crippen LogP contribution in [0.2, 0.25) is 0 Å². The molecule has 0 bridgehead atoms. The summed E-state index contributed by atoms with van der Waals surface area (Å²) in [4.78, 5) is 0. The Hall–Kier alpha value is -0.940. The van der Waals surface area contributed by atoms with E-state index in [9.17, 15) is 8.42 Å². The first-order valence-electron chi connectivity index (χ1n) is 5.45. The van der Waals surface area contributed by atoms with Crippen LogP contribution in [0.1, 0.15) is 25.5 Å². The van der Waals surface area contributed by atoms with Crippen molar-refractivity contribution in [3.05, 3.63) is 30.1 Å². The molecule has 0 aliphatic carbocycles. The fraction of sp³-hybridized carbons (Fsp3) is 0.545. The second kappa shape index (κ2) is 5.96. The Labute approximate surface area is 97.4 Å². The minimum Gasteiger partial charge on any atom is -0.213 e. The van der Waals surface area contributed by atoms with Crippen LogP contribution < -0.4 is 9.29 Å². The standard InChI is InChI=1S/C11H19N2O2S/c1-3-4-7-11-8-5-6-9-13(11)10-12-16(2,14)15/h5-6,8-9,12H,3-4,7,10H2,1-2H3/q+1. The van der Waals surface area contributed by atoms with Crippen LogP contribution in [-0.2, 0) is 23.1 Å². The van der Waals surface area contributed by atoms with Gasteiger partial charge in [0.25, 0.3) is 0 Å². The molecule has 16 heavy (non-hydrogen) atoms. The van der Waals surface area contributed by atoms with Crippen molar-refractivity contribution in [2.24, 2.45) is 0 Å². The van der Waals surface area contributed by atoms with Gasteiger partial charge in [0.1, 0.15) is 0 Å². The monoisotopic (exact) mass is 243 g/mol. The number of aromatic nitrogens is 1. The summed E-state index contributed by atoms with van der Waals surface area (Å²) in [6.45, 7) is 2.45. The van der Waals surface area contributed by atoms with Gasteiger partial charge in [-0.15, -0.1) is 0 Å². The normalized spacial score (nSPS) is 11.6. The second-order valence-electron chi connectivity index (χ2n) is 3.84. The highest BCUT2D eigenvalue weighted by atomic mass is 32.2. The molecule has 1 aromatic rings. The molecule has 1 N–H and O–H groups in total. The van der Waals surface area contributed by atoms with Crippen molar-refractivity contribution in [2.75, 3.05) is 6.26 Å². The molecule has 0 aliphatic rings. The number of aryl methyl sites for hydroxylation is 1. The highest BCUT2D eigenvalue weighted by Crippen LogP contribution is 1.99. The van der Waals surface area contributed by atoms with Crippen LogP contribution in [-0.4, -0.2) is 14.7 Å². The van der Waals surface area contributed by atoms with Crippen LogP contribution in [0.5, 0.6) is 0 Å². The van der Waals surface area contributed by atoms with Crippen LogP contribution in [0, 0.1) is 0 Å². The molecule has 0 atom stereocenters. The van der Waals surface area contributed by atoms with Crippen LogP contribution in [0.25, 0.3) is 0 Å². The van der Waals surface area contributed by atoms with E-state index >= 15 is 0 Å². The number of rotatable bonds is 6. The first-order chi connectivity index (χ1) is 7.53. The maximum Gasteiger partial charge on any atom is 0.214 e. The fourth-order valence-electron chi connectivity index (χ4n) is 1.44. The van der Waals surface area contributed by atoms with Crippen molar-refractivity contribution in [2.45, 2.75) is 32.9 Å². The van der Waals surface area contributed by atoms with E-state index in [0.717, 1.165) is 25.0 Å². The maximum atomic E-state index is 11.0. The highest BCUT2D eigenvalue weighted by molar-refractivity contribution is 7.88. The molecule has 90 valence electrons. The number of nitrogens with zero attached hydrogens (tertiary/aromatic N) is 1. The van der Waals surface area contributed by atoms with Gasteiger partial charge in [0.05, 0.1) is 6.26 Å². The zero-order chi connectivity index (χ0) is 12.0. The Kier molecular flexibility index (Phi) is 4.89. The SMILES string of the molecule is CCCCc1cccc[n+]1CNS(C)(=O)=O. The molecule has 0 amide bonds. The van der Waals surface area contributed by atoms with Crippen LogP contribution in [0.4, 0.5) is 0 Å². The van der Waals surface area contributed by atoms with Gasteiger partial charge in [-0.1, -0.05) is 19.4 Å². The molecule has 0 aliphatic heterocycles. The molecular formula is C11H19N2O2S+. The smallest absolute Gasteiger partial charge is 0.213 e. The van der Waals surface area contributed by atoms with Gasteiger partial charge in [0.2, 0.25) is 16.7 Å². The molecular weight excluding hydrogens is 224 g/mol. The van der Waals surface area contributed by atoms with E-state index in [-0.39, 0.29) is 0 Å². The van der Waals surface area contributed by atoms with Gasteiger partial charge in [0.15, 0.2) is 11.9 Å². The average molecular weight is 243 g/mol. The Bertz CT molecular complexity index is 429. The summed E-state index contributed by atoms with van der Waals surface area (Å²) < 4.78 is 26.4. The van der Waals surface area contributed by atoms with Crippen molar-refractivity contribution in [1.82, 2.24) is 4.72 Å². The van der Waals surface area contributed by atoms with E-state index < -0.39 is 10.0 Å². The first-order valence-corrected chi connectivity index (χ1v) is 7.34. The van der Waals surface area contributed by atoms with Crippen molar-refractivity contribution in [3.63, 3.8) is 0 Å². The minimum atomic E-state index is -3.13. The second-order valence-corrected chi connectivity index (χ2v) is 5.67. The molecule has 0 aromatic carbocycles. The van der Waals surface area contributed by atoms with E-state index in [4.69, 9.17) is 0 Å². The number of nitrogens with one attached hydrogen (secondary N) is 1. The minimum absolute atomic E-state index is 0.304. The highest BCUT2D eigenvalue weighted by Gasteiger charge is 2.10. The number of sulfonamides is 1. The Morgan fingerprint density at radius 3 is 2.75 bits per heavy atom. The van der Waals surface area contributed by atoms with Gasteiger partial charge in [0, 0.05) is 18.6 Å². The van der Waals surface area contributed by atoms with E-state index in [0.29, 0.717) is 6.67 Å². The lowest BCUT2D eigenvalue weighted by atomic mass is 10.2. The topological polar surface area (TPSA) is 50.1 Å². The van der Waals surface area contributed by atoms with E-state index in [2.05, 4.69) is 11.6 Å². The summed E-state index contributed by atoms with van der Waals surface area (Å²) in [5.74, 6) is 0. The summed E-state index contributed by atoms with van der Waals surface area (Å²) >= 11 is 0. The summed E-state index contributed by atoms with van der Waals surface area (Å²) in [7, 11) is -3.13. The fourth-order valence-corrected chi connectivity index (χ4v) is 1.81. The summed E-state index contributed by atoms with van der Waals surface area (Å²) in [5.41, 5.74) is 1.15. The van der Waals surface area contributed by atoms with Crippen molar-refractivity contribution >= 4 is 10.0 Å². The lowest BCUT2D eigenvalue weighted by Gasteiger charge is -2.03. The molecule has 1 aromatic heterocycles. The van der Waals surface area contributed by atoms with Gasteiger partial charge in [-0.2, -0.15) is 9.29 Å². The molecule has 0 saturated heterocycles. The molecule has 1 heterocycles. The van der Waals surface area contributed by atoms with Gasteiger partial charge in [-0.3, -0.25) is 0 Å². The number of unbranched alkanes of at least 4 members (excludes halogenated alkanes) is 1. The van der Waals surface area contributed by atoms with Crippen molar-refractivity contribution < 1.29 is 13.0 Å². The number of hydrogen-bond donors (Lipinski definition) is 1. The van der Waals surface area contributed by atoms with Gasteiger partial charge < -0.3 is 0 Å². The summed E-state index contributed by atoms with van der Waals surface area (Å²) in [5, 5.41) is 0. The predicted molar refractivity (Wildman–Crippen MR) is 63.2 cm³/mol. The number of pyridine rings is 1. The van der Waals surface area contributed by atoms with E-state index in [1.165, 1.54) is 6.26 Å². The number of hydrogen-bond acceptors (Lipinski definition) is 2. The Balaban J connectivity index is 2.71. The quantitative estimate of drug-likeness (QED) is 0.752. The summed E-state index contributed by atoms with van der Waals surface area (Å²) in [6.07, 6.45) is 6.28. The maximum absolute atomic E-state index is 11.0. The molecule has 5 heteroatoms.